The minimum Gasteiger partial charge on any atom is -0.465 e. The maximum Gasteiger partial charge on any atom is 0.337 e. The molecule has 0 saturated heterocycles. The number of methoxy groups -OCH3 is 1. The van der Waals surface area contributed by atoms with E-state index >= 15 is 0 Å². The van der Waals surface area contributed by atoms with Crippen LogP contribution in [0.2, 0.25) is 0 Å². The molecule has 0 fully saturated rings. The van der Waals surface area contributed by atoms with Gasteiger partial charge in [-0.3, -0.25) is 0 Å². The number of benzene rings is 2. The lowest BCUT2D eigenvalue weighted by molar-refractivity contribution is 0.0600. The van der Waals surface area contributed by atoms with Crippen molar-refractivity contribution in [1.29, 1.82) is 0 Å². The monoisotopic (exact) mass is 355 g/mol. The Morgan fingerprint density at radius 3 is 2.65 bits per heavy atom. The highest BCUT2D eigenvalue weighted by molar-refractivity contribution is 5.90. The van der Waals surface area contributed by atoms with Crippen molar-refractivity contribution in [2.45, 2.75) is 18.9 Å². The molecule has 0 spiro atoms. The molecule has 1 aromatic heterocycles. The molecule has 0 amide bonds. The van der Waals surface area contributed by atoms with Crippen LogP contribution in [0.3, 0.4) is 0 Å². The Morgan fingerprint density at radius 2 is 1.96 bits per heavy atom. The average molecular weight is 355 g/mol. The Balaban J connectivity index is 1.91. The number of esters is 1. The summed E-state index contributed by atoms with van der Waals surface area (Å²) in [6, 6.07) is 13.4. The zero-order valence-electron chi connectivity index (χ0n) is 14.4. The lowest BCUT2D eigenvalue weighted by Gasteiger charge is -2.20. The van der Waals surface area contributed by atoms with Crippen molar-refractivity contribution in [1.82, 2.24) is 10.2 Å². The highest BCUT2D eigenvalue weighted by Crippen LogP contribution is 2.28. The first kappa shape index (κ1) is 17.8. The van der Waals surface area contributed by atoms with E-state index in [0.29, 0.717) is 6.42 Å². The molecule has 0 aliphatic heterocycles. The molecule has 0 bridgehead atoms. The number of nitrogens with zero attached hydrogens (tertiary/aromatic N) is 2. The van der Waals surface area contributed by atoms with Crippen LogP contribution in [0.5, 0.6) is 0 Å². The lowest BCUT2D eigenvalue weighted by Crippen LogP contribution is -2.35. The maximum absolute atomic E-state index is 14.2. The van der Waals surface area contributed by atoms with Crippen molar-refractivity contribution in [3.63, 3.8) is 0 Å². The zero-order chi connectivity index (χ0) is 18.7. The van der Waals surface area contributed by atoms with Gasteiger partial charge in [0.1, 0.15) is 5.82 Å². The number of aromatic nitrogens is 2. The van der Waals surface area contributed by atoms with Crippen LogP contribution in [-0.2, 0) is 16.7 Å². The summed E-state index contributed by atoms with van der Waals surface area (Å²) in [5.74, 6) is -1.04. The number of ether oxygens (including phenoxy) is 1. The van der Waals surface area contributed by atoms with Crippen molar-refractivity contribution in [2.75, 3.05) is 7.11 Å². The fourth-order valence-corrected chi connectivity index (χ4v) is 2.59. The predicted octanol–water partition coefficient (Wildman–Crippen LogP) is 3.08. The third-order valence-corrected chi connectivity index (χ3v) is 3.95. The van der Waals surface area contributed by atoms with Gasteiger partial charge in [-0.1, -0.05) is 30.3 Å². The van der Waals surface area contributed by atoms with Crippen LogP contribution in [-0.4, -0.2) is 23.3 Å². The van der Waals surface area contributed by atoms with E-state index in [4.69, 9.17) is 10.2 Å². The fraction of sp³-hybridized carbons (Fsp3) is 0.211. The fourth-order valence-electron chi connectivity index (χ4n) is 2.59. The SMILES string of the molecule is COC(=O)c1ccc(F)c(-c2nnc([C@](C)(N)Cc3ccccc3)o2)c1. The molecule has 6 nitrogen and oxygen atoms in total. The maximum atomic E-state index is 14.2. The van der Waals surface area contributed by atoms with Crippen LogP contribution in [0.1, 0.15) is 28.7 Å². The van der Waals surface area contributed by atoms with Gasteiger partial charge in [0.25, 0.3) is 5.89 Å². The number of hydrogen-bond donors (Lipinski definition) is 1. The van der Waals surface area contributed by atoms with Crippen LogP contribution in [0, 0.1) is 5.82 Å². The highest BCUT2D eigenvalue weighted by atomic mass is 19.1. The summed E-state index contributed by atoms with van der Waals surface area (Å²) in [7, 11) is 1.25. The van der Waals surface area contributed by atoms with Gasteiger partial charge >= 0.3 is 5.97 Å². The molecule has 1 atom stereocenters. The minimum atomic E-state index is -0.928. The molecule has 2 N–H and O–H groups in total. The van der Waals surface area contributed by atoms with Crippen molar-refractivity contribution >= 4 is 5.97 Å². The molecule has 3 aromatic rings. The molecular formula is C19H18FN3O3. The first-order valence-corrected chi connectivity index (χ1v) is 7.96. The zero-order valence-corrected chi connectivity index (χ0v) is 14.4. The van der Waals surface area contributed by atoms with Crippen LogP contribution >= 0.6 is 0 Å². The van der Waals surface area contributed by atoms with Crippen molar-refractivity contribution in [3.8, 4) is 11.5 Å². The second-order valence-corrected chi connectivity index (χ2v) is 6.18. The van der Waals surface area contributed by atoms with E-state index in [1.54, 1.807) is 6.92 Å². The number of carbonyl (C=O) groups is 1. The molecule has 0 aliphatic carbocycles. The smallest absolute Gasteiger partial charge is 0.337 e. The molecule has 0 saturated carbocycles. The first-order valence-electron chi connectivity index (χ1n) is 7.96. The summed E-state index contributed by atoms with van der Waals surface area (Å²) >= 11 is 0. The normalized spacial score (nSPS) is 13.2. The van der Waals surface area contributed by atoms with Gasteiger partial charge in [-0.2, -0.15) is 0 Å². The van der Waals surface area contributed by atoms with Gasteiger partial charge in [-0.15, -0.1) is 10.2 Å². The molecule has 1 heterocycles. The van der Waals surface area contributed by atoms with Gasteiger partial charge in [0.15, 0.2) is 0 Å². The summed E-state index contributed by atoms with van der Waals surface area (Å²) in [4.78, 5) is 11.6. The molecule has 134 valence electrons. The summed E-state index contributed by atoms with van der Waals surface area (Å²) < 4.78 is 24.4. The van der Waals surface area contributed by atoms with E-state index in [1.165, 1.54) is 19.2 Å². The van der Waals surface area contributed by atoms with Gasteiger partial charge in [-0.05, 0) is 37.1 Å². The van der Waals surface area contributed by atoms with E-state index < -0.39 is 17.3 Å². The van der Waals surface area contributed by atoms with Gasteiger partial charge in [0, 0.05) is 0 Å². The van der Waals surface area contributed by atoms with E-state index in [9.17, 15) is 9.18 Å². The number of carbonyl (C=O) groups excluding carboxylic acids is 1. The number of hydrogen-bond acceptors (Lipinski definition) is 6. The van der Waals surface area contributed by atoms with E-state index in [2.05, 4.69) is 14.9 Å². The minimum absolute atomic E-state index is 0.0159. The highest BCUT2D eigenvalue weighted by Gasteiger charge is 2.29. The third kappa shape index (κ3) is 3.62. The van der Waals surface area contributed by atoms with Crippen molar-refractivity contribution < 1.29 is 18.3 Å². The van der Waals surface area contributed by atoms with E-state index in [-0.39, 0.29) is 22.9 Å². The second-order valence-electron chi connectivity index (χ2n) is 6.18. The van der Waals surface area contributed by atoms with Crippen LogP contribution in [0.25, 0.3) is 11.5 Å². The lowest BCUT2D eigenvalue weighted by atomic mass is 9.94. The summed E-state index contributed by atoms with van der Waals surface area (Å²) in [5.41, 5.74) is 6.62. The number of halogens is 1. The van der Waals surface area contributed by atoms with Crippen molar-refractivity contribution in [3.05, 3.63) is 71.4 Å². The van der Waals surface area contributed by atoms with E-state index in [1.807, 2.05) is 30.3 Å². The second kappa shape index (κ2) is 7.05. The first-order chi connectivity index (χ1) is 12.4. The molecule has 3 rings (SSSR count). The van der Waals surface area contributed by atoms with Gasteiger partial charge in [0.05, 0.1) is 23.8 Å². The van der Waals surface area contributed by atoms with Crippen LogP contribution < -0.4 is 5.73 Å². The van der Waals surface area contributed by atoms with Crippen molar-refractivity contribution in [2.24, 2.45) is 5.73 Å². The molecule has 7 heteroatoms. The Morgan fingerprint density at radius 1 is 1.23 bits per heavy atom. The molecular weight excluding hydrogens is 337 g/mol. The Bertz CT molecular complexity index is 923. The molecule has 0 unspecified atom stereocenters. The average Bonchev–Trinajstić information content (AvgIpc) is 3.13. The Labute approximate surface area is 149 Å². The molecule has 2 aromatic carbocycles. The van der Waals surface area contributed by atoms with Crippen LogP contribution in [0.15, 0.2) is 52.9 Å². The molecule has 0 radical (unpaired) electrons. The summed E-state index contributed by atoms with van der Waals surface area (Å²) in [5, 5.41) is 7.86. The molecule has 0 aliphatic rings. The quantitative estimate of drug-likeness (QED) is 0.707. The third-order valence-electron chi connectivity index (χ3n) is 3.95. The summed E-state index contributed by atoms with van der Waals surface area (Å²) in [6.07, 6.45) is 0.472. The van der Waals surface area contributed by atoms with Gasteiger partial charge in [-0.25, -0.2) is 9.18 Å². The van der Waals surface area contributed by atoms with Gasteiger partial charge in [0.2, 0.25) is 5.89 Å². The Kier molecular flexibility index (Phi) is 4.81. The van der Waals surface area contributed by atoms with E-state index in [0.717, 1.165) is 11.6 Å². The largest absolute Gasteiger partial charge is 0.465 e. The summed E-state index contributed by atoms with van der Waals surface area (Å²) in [6.45, 7) is 1.76. The standard InChI is InChI=1S/C19H18FN3O3/c1-19(21,11-12-6-4-3-5-7-12)18-23-22-16(26-18)14-10-13(17(24)25-2)8-9-15(14)20/h3-10H,11,21H2,1-2H3/t19-/m1/s1. The van der Waals surface area contributed by atoms with Gasteiger partial charge < -0.3 is 14.9 Å². The molecule has 26 heavy (non-hydrogen) atoms. The van der Waals surface area contributed by atoms with Crippen LogP contribution in [0.4, 0.5) is 4.39 Å². The number of nitrogens with two attached hydrogens (primary N) is 1. The topological polar surface area (TPSA) is 91.2 Å². The number of rotatable bonds is 5. The Hall–Kier alpha value is -3.06. The predicted molar refractivity (Wildman–Crippen MR) is 92.7 cm³/mol.